The molecule has 0 atom stereocenters. The van der Waals surface area contributed by atoms with Gasteiger partial charge < -0.3 is 4.74 Å². The molecule has 0 unspecified atom stereocenters. The van der Waals surface area contributed by atoms with Crippen molar-refractivity contribution >= 4 is 5.78 Å². The second kappa shape index (κ2) is 10.7. The Labute approximate surface area is 176 Å². The number of piperidine rings is 1. The molecule has 2 aromatic rings. The number of hydrogen-bond donors (Lipinski definition) is 0. The van der Waals surface area contributed by atoms with Gasteiger partial charge in [-0.15, -0.1) is 0 Å². The van der Waals surface area contributed by atoms with Crippen molar-refractivity contribution in [1.82, 2.24) is 4.90 Å². The van der Waals surface area contributed by atoms with Crippen molar-refractivity contribution in [2.75, 3.05) is 26.3 Å². The molecule has 29 heavy (non-hydrogen) atoms. The van der Waals surface area contributed by atoms with Crippen molar-refractivity contribution in [2.45, 2.75) is 52.5 Å². The van der Waals surface area contributed by atoms with Gasteiger partial charge >= 0.3 is 0 Å². The van der Waals surface area contributed by atoms with Crippen LogP contribution in [-0.2, 0) is 28.9 Å². The first kappa shape index (κ1) is 21.7. The van der Waals surface area contributed by atoms with Crippen molar-refractivity contribution < 1.29 is 9.53 Å². The van der Waals surface area contributed by atoms with Gasteiger partial charge in [0.1, 0.15) is 5.78 Å². The summed E-state index contributed by atoms with van der Waals surface area (Å²) in [4.78, 5) is 14.0. The zero-order chi connectivity index (χ0) is 20.5. The lowest BCUT2D eigenvalue weighted by Gasteiger charge is -2.42. The molecule has 0 aliphatic carbocycles. The minimum atomic E-state index is 0.222. The van der Waals surface area contributed by atoms with E-state index in [1.54, 1.807) is 6.92 Å². The predicted molar refractivity (Wildman–Crippen MR) is 119 cm³/mol. The molecule has 3 rings (SSSR count). The number of carbonyl (C=O) groups excluding carboxylic acids is 1. The van der Waals surface area contributed by atoms with Gasteiger partial charge in [-0.25, -0.2) is 0 Å². The van der Waals surface area contributed by atoms with Gasteiger partial charge in [0.05, 0.1) is 6.61 Å². The van der Waals surface area contributed by atoms with Crippen LogP contribution in [-0.4, -0.2) is 37.0 Å². The first-order valence-corrected chi connectivity index (χ1v) is 11.0. The topological polar surface area (TPSA) is 29.5 Å². The number of benzene rings is 2. The van der Waals surface area contributed by atoms with Crippen LogP contribution in [0.1, 0.15) is 49.8 Å². The number of aryl methyl sites for hydroxylation is 1. The van der Waals surface area contributed by atoms with Crippen molar-refractivity contribution in [3.05, 3.63) is 71.3 Å². The number of rotatable bonds is 10. The molecule has 1 heterocycles. The van der Waals surface area contributed by atoms with E-state index in [-0.39, 0.29) is 5.78 Å². The van der Waals surface area contributed by atoms with Crippen LogP contribution in [0.2, 0.25) is 0 Å². The fourth-order valence-electron chi connectivity index (χ4n) is 4.41. The Hall–Kier alpha value is -1.97. The number of ketones is 1. The number of likely N-dealkylation sites (tertiary alicyclic amines) is 1. The highest BCUT2D eigenvalue weighted by molar-refractivity contribution is 5.78. The molecule has 1 saturated heterocycles. The summed E-state index contributed by atoms with van der Waals surface area (Å²) in [5.41, 5.74) is 4.15. The third-order valence-electron chi connectivity index (χ3n) is 6.17. The normalized spacial score (nSPS) is 16.6. The van der Waals surface area contributed by atoms with Crippen LogP contribution in [0.4, 0.5) is 0 Å². The second-order valence-corrected chi connectivity index (χ2v) is 8.60. The van der Waals surface area contributed by atoms with E-state index in [1.165, 1.54) is 30.4 Å². The van der Waals surface area contributed by atoms with Gasteiger partial charge in [-0.3, -0.25) is 9.69 Å². The Morgan fingerprint density at radius 2 is 1.69 bits per heavy atom. The smallest absolute Gasteiger partial charge is 0.134 e. The number of ether oxygens (including phenoxy) is 1. The highest BCUT2D eigenvalue weighted by atomic mass is 16.5. The lowest BCUT2D eigenvalue weighted by atomic mass is 9.74. The molecule has 2 aromatic carbocycles. The number of Topliss-reactive ketones (excluding diaryl/α,β-unsaturated/α-hetero) is 1. The molecule has 1 fully saturated rings. The molecule has 1 aliphatic heterocycles. The van der Waals surface area contributed by atoms with Crippen LogP contribution in [0.3, 0.4) is 0 Å². The average Bonchev–Trinajstić information content (AvgIpc) is 2.73. The summed E-state index contributed by atoms with van der Waals surface area (Å²) in [7, 11) is 0. The standard InChI is InChI=1S/C26H35NO2/c1-3-29-21-26(13-12-23-8-5-4-6-9-23)14-16-27(17-15-26)20-25-11-7-10-24(19-25)18-22(2)28/h4-11,19H,3,12-18,20-21H2,1-2H3. The Bertz CT molecular complexity index is 763. The quantitative estimate of drug-likeness (QED) is 0.564. The first-order chi connectivity index (χ1) is 14.1. The molecule has 0 spiro atoms. The molecule has 0 aromatic heterocycles. The molecule has 1 aliphatic rings. The highest BCUT2D eigenvalue weighted by Crippen LogP contribution is 2.37. The summed E-state index contributed by atoms with van der Waals surface area (Å²) < 4.78 is 5.92. The van der Waals surface area contributed by atoms with Gasteiger partial charge in [-0.1, -0.05) is 54.6 Å². The van der Waals surface area contributed by atoms with E-state index < -0.39 is 0 Å². The number of hydrogen-bond acceptors (Lipinski definition) is 3. The molecule has 0 radical (unpaired) electrons. The maximum Gasteiger partial charge on any atom is 0.134 e. The van der Waals surface area contributed by atoms with Crippen molar-refractivity contribution in [2.24, 2.45) is 5.41 Å². The fraction of sp³-hybridized carbons (Fsp3) is 0.500. The van der Waals surface area contributed by atoms with Crippen LogP contribution in [0, 0.1) is 5.41 Å². The Morgan fingerprint density at radius 3 is 2.38 bits per heavy atom. The molecule has 0 amide bonds. The predicted octanol–water partition coefficient (Wildman–Crippen LogP) is 5.07. The summed E-state index contributed by atoms with van der Waals surface area (Å²) in [6.45, 7) is 8.60. The monoisotopic (exact) mass is 393 g/mol. The van der Waals surface area contributed by atoms with E-state index in [9.17, 15) is 4.79 Å². The molecule has 0 saturated carbocycles. The van der Waals surface area contributed by atoms with Crippen LogP contribution in [0.15, 0.2) is 54.6 Å². The molecular formula is C26H35NO2. The Kier molecular flexibility index (Phi) is 8.02. The summed E-state index contributed by atoms with van der Waals surface area (Å²) in [6.07, 6.45) is 5.23. The maximum atomic E-state index is 11.4. The average molecular weight is 394 g/mol. The molecule has 0 bridgehead atoms. The van der Waals surface area contributed by atoms with Crippen molar-refractivity contribution in [3.63, 3.8) is 0 Å². The van der Waals surface area contributed by atoms with E-state index in [1.807, 2.05) is 0 Å². The third-order valence-corrected chi connectivity index (χ3v) is 6.17. The Balaban J connectivity index is 1.57. The zero-order valence-corrected chi connectivity index (χ0v) is 18.0. The summed E-state index contributed by atoms with van der Waals surface area (Å²) in [6, 6.07) is 19.3. The Morgan fingerprint density at radius 1 is 1.00 bits per heavy atom. The molecule has 156 valence electrons. The highest BCUT2D eigenvalue weighted by Gasteiger charge is 2.34. The minimum absolute atomic E-state index is 0.222. The van der Waals surface area contributed by atoms with E-state index in [0.29, 0.717) is 11.8 Å². The van der Waals surface area contributed by atoms with E-state index in [0.717, 1.165) is 44.8 Å². The minimum Gasteiger partial charge on any atom is -0.381 e. The van der Waals surface area contributed by atoms with Crippen LogP contribution < -0.4 is 0 Å². The van der Waals surface area contributed by atoms with Gasteiger partial charge in [0.2, 0.25) is 0 Å². The zero-order valence-electron chi connectivity index (χ0n) is 18.0. The van der Waals surface area contributed by atoms with E-state index in [2.05, 4.69) is 66.4 Å². The van der Waals surface area contributed by atoms with Gasteiger partial charge in [-0.2, -0.15) is 0 Å². The molecule has 0 N–H and O–H groups in total. The van der Waals surface area contributed by atoms with Crippen LogP contribution >= 0.6 is 0 Å². The number of carbonyl (C=O) groups is 1. The maximum absolute atomic E-state index is 11.4. The van der Waals surface area contributed by atoms with Crippen molar-refractivity contribution in [3.8, 4) is 0 Å². The lowest BCUT2D eigenvalue weighted by Crippen LogP contribution is -2.42. The van der Waals surface area contributed by atoms with Gasteiger partial charge in [0, 0.05) is 19.6 Å². The third kappa shape index (κ3) is 6.80. The summed E-state index contributed by atoms with van der Waals surface area (Å²) >= 11 is 0. The van der Waals surface area contributed by atoms with Crippen molar-refractivity contribution in [1.29, 1.82) is 0 Å². The SMILES string of the molecule is CCOCC1(CCc2ccccc2)CCN(Cc2cccc(CC(C)=O)c2)CC1. The second-order valence-electron chi connectivity index (χ2n) is 8.60. The lowest BCUT2D eigenvalue weighted by molar-refractivity contribution is -0.116. The van der Waals surface area contributed by atoms with Gasteiger partial charge in [0.25, 0.3) is 0 Å². The molecule has 3 heteroatoms. The van der Waals surface area contributed by atoms with Crippen LogP contribution in [0.25, 0.3) is 0 Å². The van der Waals surface area contributed by atoms with Gasteiger partial charge in [0.15, 0.2) is 0 Å². The summed E-state index contributed by atoms with van der Waals surface area (Å²) in [5.74, 6) is 0.222. The largest absolute Gasteiger partial charge is 0.381 e. The molecule has 3 nitrogen and oxygen atoms in total. The van der Waals surface area contributed by atoms with Crippen LogP contribution in [0.5, 0.6) is 0 Å². The molecular weight excluding hydrogens is 358 g/mol. The van der Waals surface area contributed by atoms with E-state index >= 15 is 0 Å². The fourth-order valence-corrected chi connectivity index (χ4v) is 4.41. The number of nitrogens with zero attached hydrogens (tertiary/aromatic N) is 1. The first-order valence-electron chi connectivity index (χ1n) is 11.0. The summed E-state index contributed by atoms with van der Waals surface area (Å²) in [5, 5.41) is 0. The van der Waals surface area contributed by atoms with Gasteiger partial charge in [-0.05, 0) is 74.7 Å². The van der Waals surface area contributed by atoms with E-state index in [4.69, 9.17) is 4.74 Å².